The number of ether oxygens (including phenoxy) is 1. The van der Waals surface area contributed by atoms with E-state index in [4.69, 9.17) is 27.7 Å². The number of hydrogen-bond acceptors (Lipinski definition) is 7. The molecule has 2 aromatic carbocycles. The van der Waals surface area contributed by atoms with Crippen LogP contribution in [0.1, 0.15) is 37.0 Å². The van der Waals surface area contributed by atoms with Crippen LogP contribution < -0.4 is 9.64 Å². The summed E-state index contributed by atoms with van der Waals surface area (Å²) in [6, 6.07) is 8.50. The van der Waals surface area contributed by atoms with Crippen molar-refractivity contribution in [2.24, 2.45) is 0 Å². The van der Waals surface area contributed by atoms with Crippen molar-refractivity contribution in [3.63, 3.8) is 0 Å². The predicted octanol–water partition coefficient (Wildman–Crippen LogP) is 8.51. The summed E-state index contributed by atoms with van der Waals surface area (Å²) in [6.45, 7) is 4.81. The lowest BCUT2D eigenvalue weighted by Gasteiger charge is -2.39. The molecule has 1 aliphatic heterocycles. The molecular formula is C26H22BrCl2F3N4O2S. The predicted molar refractivity (Wildman–Crippen MR) is 150 cm³/mol. The zero-order valence-corrected chi connectivity index (χ0v) is 24.5. The maximum atomic E-state index is 13.0. The van der Waals surface area contributed by atoms with Crippen molar-refractivity contribution in [2.45, 2.75) is 44.6 Å². The Bertz CT molecular complexity index is 1520. The molecule has 4 aromatic rings. The highest BCUT2D eigenvalue weighted by atomic mass is 79.9. The summed E-state index contributed by atoms with van der Waals surface area (Å²) in [7, 11) is 0. The van der Waals surface area contributed by atoms with Gasteiger partial charge in [-0.3, -0.25) is 4.90 Å². The fourth-order valence-electron chi connectivity index (χ4n) is 5.03. The smallest absolute Gasteiger partial charge is 0.403 e. The van der Waals surface area contributed by atoms with Crippen LogP contribution in [0.2, 0.25) is 10.0 Å². The van der Waals surface area contributed by atoms with Gasteiger partial charge in [-0.25, -0.2) is 4.98 Å². The minimum Gasteiger partial charge on any atom is -0.403 e. The standard InChI is InChI=1S/C26H22BrCl2F3N4O2S/c1-13-11-35(12-16-22(34-38-24(16)14-5-6-14)21-17(28)3-2-4-18(21)29)7-8-36(13)25-33-23-19(37-26(30,31)32)9-15(27)10-20(23)39-25/h2-4,9-10,13-14H,5-8,11-12H2,1H3. The van der Waals surface area contributed by atoms with Crippen molar-refractivity contribution in [2.75, 3.05) is 24.5 Å². The monoisotopic (exact) mass is 660 g/mol. The Morgan fingerprint density at radius 3 is 2.59 bits per heavy atom. The molecular weight excluding hydrogens is 640 g/mol. The van der Waals surface area contributed by atoms with Crippen molar-refractivity contribution in [3.8, 4) is 17.0 Å². The molecule has 3 heterocycles. The van der Waals surface area contributed by atoms with E-state index < -0.39 is 6.36 Å². The zero-order chi connectivity index (χ0) is 27.5. The molecule has 206 valence electrons. The Hall–Kier alpha value is -2.05. The van der Waals surface area contributed by atoms with Crippen LogP contribution in [-0.2, 0) is 6.54 Å². The van der Waals surface area contributed by atoms with E-state index in [1.165, 1.54) is 17.4 Å². The molecule has 2 fully saturated rings. The molecule has 1 unspecified atom stereocenters. The van der Waals surface area contributed by atoms with Crippen molar-refractivity contribution in [3.05, 3.63) is 56.2 Å². The molecule has 6 nitrogen and oxygen atoms in total. The van der Waals surface area contributed by atoms with Crippen molar-refractivity contribution >= 4 is 65.8 Å². The number of fused-ring (bicyclic) bond motifs is 1. The van der Waals surface area contributed by atoms with E-state index in [-0.39, 0.29) is 17.3 Å². The van der Waals surface area contributed by atoms with Gasteiger partial charge in [0.05, 0.1) is 14.7 Å². The molecule has 1 aliphatic carbocycles. The number of alkyl halides is 3. The zero-order valence-electron chi connectivity index (χ0n) is 20.6. The SMILES string of the molecule is CC1CN(Cc2c(-c3c(Cl)cccc3Cl)noc2C2CC2)CCN1c1nc2c(OC(F)(F)F)cc(Br)cc2s1. The molecule has 2 aliphatic rings. The number of aromatic nitrogens is 2. The van der Waals surface area contributed by atoms with Gasteiger partial charge in [-0.05, 0) is 44.0 Å². The first-order chi connectivity index (χ1) is 18.6. The second-order valence-electron chi connectivity index (χ2n) is 9.82. The molecule has 0 amide bonds. The Kier molecular flexibility index (Phi) is 7.24. The van der Waals surface area contributed by atoms with Crippen LogP contribution in [0.25, 0.3) is 21.5 Å². The average Bonchev–Trinajstić information content (AvgIpc) is 3.48. The Balaban J connectivity index is 1.24. The highest BCUT2D eigenvalue weighted by Crippen LogP contribution is 2.46. The van der Waals surface area contributed by atoms with Crippen LogP contribution in [0.5, 0.6) is 5.75 Å². The quantitative estimate of drug-likeness (QED) is 0.207. The average molecular weight is 662 g/mol. The first kappa shape index (κ1) is 27.1. The number of hydrogen-bond donors (Lipinski definition) is 0. The van der Waals surface area contributed by atoms with Gasteiger partial charge >= 0.3 is 6.36 Å². The van der Waals surface area contributed by atoms with E-state index in [0.717, 1.165) is 37.3 Å². The van der Waals surface area contributed by atoms with Crippen LogP contribution in [-0.4, -0.2) is 47.1 Å². The first-order valence-electron chi connectivity index (χ1n) is 12.3. The van der Waals surface area contributed by atoms with Crippen LogP contribution in [0.15, 0.2) is 39.3 Å². The molecule has 0 N–H and O–H groups in total. The highest BCUT2D eigenvalue weighted by Gasteiger charge is 2.36. The molecule has 0 radical (unpaired) electrons. The summed E-state index contributed by atoms with van der Waals surface area (Å²) in [5.74, 6) is 0.938. The summed E-state index contributed by atoms with van der Waals surface area (Å²) >= 11 is 17.7. The van der Waals surface area contributed by atoms with E-state index in [1.807, 2.05) is 0 Å². The van der Waals surface area contributed by atoms with Crippen LogP contribution in [0, 0.1) is 0 Å². The van der Waals surface area contributed by atoms with Gasteiger partial charge in [0.25, 0.3) is 0 Å². The summed E-state index contributed by atoms with van der Waals surface area (Å²) < 4.78 is 50.1. The second-order valence-corrected chi connectivity index (χ2v) is 12.6. The largest absolute Gasteiger partial charge is 0.573 e. The third-order valence-electron chi connectivity index (χ3n) is 6.94. The number of rotatable bonds is 6. The Labute approximate surface area is 244 Å². The minimum absolute atomic E-state index is 0.0614. The van der Waals surface area contributed by atoms with Gasteiger partial charge in [-0.1, -0.05) is 61.7 Å². The molecule has 0 bridgehead atoms. The molecule has 2 aromatic heterocycles. The van der Waals surface area contributed by atoms with E-state index in [9.17, 15) is 13.2 Å². The molecule has 13 heteroatoms. The van der Waals surface area contributed by atoms with Crippen molar-refractivity contribution < 1.29 is 22.4 Å². The van der Waals surface area contributed by atoms with Crippen LogP contribution in [0.3, 0.4) is 0 Å². The molecule has 1 saturated heterocycles. The van der Waals surface area contributed by atoms with Gasteiger partial charge in [-0.15, -0.1) is 13.2 Å². The highest BCUT2D eigenvalue weighted by molar-refractivity contribution is 9.10. The maximum absolute atomic E-state index is 13.0. The minimum atomic E-state index is -4.80. The van der Waals surface area contributed by atoms with Gasteiger partial charge in [0, 0.05) is 53.7 Å². The normalized spacial score (nSPS) is 18.7. The van der Waals surface area contributed by atoms with E-state index in [0.29, 0.717) is 54.6 Å². The summed E-state index contributed by atoms with van der Waals surface area (Å²) in [4.78, 5) is 9.02. The van der Waals surface area contributed by atoms with Gasteiger partial charge in [0.15, 0.2) is 10.9 Å². The van der Waals surface area contributed by atoms with Crippen LogP contribution >= 0.6 is 50.5 Å². The van der Waals surface area contributed by atoms with Gasteiger partial charge in [-0.2, -0.15) is 0 Å². The molecule has 0 spiro atoms. The maximum Gasteiger partial charge on any atom is 0.573 e. The third-order valence-corrected chi connectivity index (χ3v) is 9.07. The van der Waals surface area contributed by atoms with Crippen LogP contribution in [0.4, 0.5) is 18.3 Å². The lowest BCUT2D eigenvalue weighted by Crippen LogP contribution is -2.51. The van der Waals surface area contributed by atoms with Crippen molar-refractivity contribution in [1.29, 1.82) is 0 Å². The van der Waals surface area contributed by atoms with E-state index in [1.54, 1.807) is 24.3 Å². The summed E-state index contributed by atoms with van der Waals surface area (Å²) in [6.07, 6.45) is -2.67. The van der Waals surface area contributed by atoms with E-state index in [2.05, 4.69) is 47.5 Å². The van der Waals surface area contributed by atoms with Gasteiger partial charge < -0.3 is 14.2 Å². The molecule has 6 rings (SSSR count). The molecule has 1 atom stereocenters. The number of piperazine rings is 1. The van der Waals surface area contributed by atoms with Crippen molar-refractivity contribution in [1.82, 2.24) is 15.0 Å². The fourth-order valence-corrected chi connectivity index (χ4v) is 7.34. The Morgan fingerprint density at radius 2 is 1.92 bits per heavy atom. The topological polar surface area (TPSA) is 54.6 Å². The second kappa shape index (κ2) is 10.4. The number of anilines is 1. The van der Waals surface area contributed by atoms with Gasteiger partial charge in [0.1, 0.15) is 17.0 Å². The third kappa shape index (κ3) is 5.61. The lowest BCUT2D eigenvalue weighted by atomic mass is 10.0. The summed E-state index contributed by atoms with van der Waals surface area (Å²) in [5.41, 5.74) is 2.56. The Morgan fingerprint density at radius 1 is 1.18 bits per heavy atom. The fraction of sp³-hybridized carbons (Fsp3) is 0.385. The number of nitrogens with zero attached hydrogens (tertiary/aromatic N) is 4. The first-order valence-corrected chi connectivity index (χ1v) is 14.7. The van der Waals surface area contributed by atoms with Gasteiger partial charge in [0.2, 0.25) is 0 Å². The lowest BCUT2D eigenvalue weighted by molar-refractivity contribution is -0.274. The number of thiazole rings is 1. The summed E-state index contributed by atoms with van der Waals surface area (Å²) in [5, 5.41) is 6.10. The molecule has 1 saturated carbocycles. The van der Waals surface area contributed by atoms with E-state index >= 15 is 0 Å². The number of benzene rings is 2. The molecule has 39 heavy (non-hydrogen) atoms. The number of halogens is 6.